The zero-order valence-corrected chi connectivity index (χ0v) is 28.7. The number of amides is 4. The second kappa shape index (κ2) is 14.1. The lowest BCUT2D eigenvalue weighted by Crippen LogP contribution is -2.57. The summed E-state index contributed by atoms with van der Waals surface area (Å²) in [6.07, 6.45) is 6.62. The predicted molar refractivity (Wildman–Crippen MR) is 192 cm³/mol. The minimum atomic E-state index is -0.712. The first-order valence-corrected chi connectivity index (χ1v) is 17.8. The Morgan fingerprint density at radius 1 is 0.939 bits per heavy atom. The lowest BCUT2D eigenvalue weighted by atomic mass is 9.73. The van der Waals surface area contributed by atoms with E-state index in [1.54, 1.807) is 4.90 Å². The summed E-state index contributed by atoms with van der Waals surface area (Å²) in [5, 5.41) is 7.38. The lowest BCUT2D eigenvalue weighted by Gasteiger charge is -2.41. The summed E-state index contributed by atoms with van der Waals surface area (Å²) < 4.78 is 0. The van der Waals surface area contributed by atoms with Crippen LogP contribution in [-0.4, -0.2) is 89.9 Å². The number of rotatable bonds is 8. The summed E-state index contributed by atoms with van der Waals surface area (Å²) in [6, 6.07) is 25.9. The van der Waals surface area contributed by atoms with Gasteiger partial charge >= 0.3 is 6.03 Å². The number of likely N-dealkylation sites (tertiary alicyclic amines) is 2. The van der Waals surface area contributed by atoms with Crippen molar-refractivity contribution in [3.05, 3.63) is 107 Å². The summed E-state index contributed by atoms with van der Waals surface area (Å²) in [5.41, 5.74) is 5.53. The number of benzene rings is 3. The largest absolute Gasteiger partial charge is 0.361 e. The summed E-state index contributed by atoms with van der Waals surface area (Å²) in [6.45, 7) is 3.80. The van der Waals surface area contributed by atoms with Gasteiger partial charge in [0.1, 0.15) is 6.04 Å². The minimum Gasteiger partial charge on any atom is -0.361 e. The second-order valence-electron chi connectivity index (χ2n) is 14.5. The monoisotopic (exact) mass is 660 g/mol. The van der Waals surface area contributed by atoms with E-state index in [0.29, 0.717) is 19.5 Å². The molecule has 4 aromatic rings. The van der Waals surface area contributed by atoms with Crippen molar-refractivity contribution in [2.75, 3.05) is 40.3 Å². The highest BCUT2D eigenvalue weighted by molar-refractivity contribution is 5.90. The first kappa shape index (κ1) is 32.9. The molecule has 0 saturated carbocycles. The van der Waals surface area contributed by atoms with Crippen molar-refractivity contribution >= 4 is 28.7 Å². The van der Waals surface area contributed by atoms with E-state index < -0.39 is 6.04 Å². The number of nitrogens with zero attached hydrogens (tertiary/aromatic N) is 3. The SMILES string of the molecule is CN(C)C(=O)[C@@H]1CC2(CCN(C(=O)[C@@H](Cc3c[nH]c4ccccc34)NC(=O)N[C@@H]3CCCN(Cc4ccccc4)C3)CC2)c2ccccc21. The van der Waals surface area contributed by atoms with Crippen molar-refractivity contribution in [2.45, 2.75) is 68.5 Å². The van der Waals surface area contributed by atoms with Crippen LogP contribution in [0.1, 0.15) is 60.3 Å². The molecule has 4 amide bonds. The van der Waals surface area contributed by atoms with Gasteiger partial charge in [0.05, 0.1) is 5.92 Å². The van der Waals surface area contributed by atoms with Gasteiger partial charge in [-0.2, -0.15) is 0 Å². The maximum atomic E-state index is 14.4. The van der Waals surface area contributed by atoms with Gasteiger partial charge in [0.2, 0.25) is 11.8 Å². The number of carbonyl (C=O) groups excluding carboxylic acids is 3. The number of nitrogens with one attached hydrogen (secondary N) is 3. The Balaban J connectivity index is 1.05. The van der Waals surface area contributed by atoms with Gasteiger partial charge < -0.3 is 25.4 Å². The number of aromatic nitrogens is 1. The Kier molecular flexibility index (Phi) is 9.45. The fourth-order valence-electron chi connectivity index (χ4n) is 8.54. The molecule has 0 radical (unpaired) electrons. The van der Waals surface area contributed by atoms with Crippen molar-refractivity contribution in [2.24, 2.45) is 0 Å². The van der Waals surface area contributed by atoms with Gasteiger partial charge in [-0.15, -0.1) is 0 Å². The van der Waals surface area contributed by atoms with Crippen molar-refractivity contribution < 1.29 is 14.4 Å². The fourth-order valence-corrected chi connectivity index (χ4v) is 8.54. The zero-order valence-electron chi connectivity index (χ0n) is 28.7. The highest BCUT2D eigenvalue weighted by atomic mass is 16.2. The van der Waals surface area contributed by atoms with E-state index >= 15 is 0 Å². The number of H-pyrrole nitrogens is 1. The third-order valence-electron chi connectivity index (χ3n) is 11.1. The van der Waals surface area contributed by atoms with Crippen molar-refractivity contribution in [1.29, 1.82) is 0 Å². The molecule has 0 unspecified atom stereocenters. The van der Waals surface area contributed by atoms with Crippen LogP contribution in [0.2, 0.25) is 0 Å². The van der Waals surface area contributed by atoms with Crippen LogP contribution in [0.5, 0.6) is 0 Å². The normalized spacial score (nSPS) is 20.9. The topological polar surface area (TPSA) is 101 Å². The Labute approximate surface area is 289 Å². The average molecular weight is 661 g/mol. The molecule has 2 aliphatic heterocycles. The van der Waals surface area contributed by atoms with Crippen molar-refractivity contribution in [3.8, 4) is 0 Å². The third kappa shape index (κ3) is 6.95. The Hall–Kier alpha value is -4.63. The van der Waals surface area contributed by atoms with Crippen LogP contribution in [-0.2, 0) is 28.0 Å². The molecule has 3 N–H and O–H groups in total. The smallest absolute Gasteiger partial charge is 0.315 e. The molecule has 3 heterocycles. The maximum absolute atomic E-state index is 14.4. The van der Waals surface area contributed by atoms with Crippen molar-refractivity contribution in [3.63, 3.8) is 0 Å². The van der Waals surface area contributed by atoms with E-state index in [4.69, 9.17) is 0 Å². The van der Waals surface area contributed by atoms with Gasteiger partial charge in [0.25, 0.3) is 0 Å². The van der Waals surface area contributed by atoms with Crippen LogP contribution < -0.4 is 10.6 Å². The second-order valence-corrected chi connectivity index (χ2v) is 14.5. The van der Waals surface area contributed by atoms with Crippen LogP contribution in [0.4, 0.5) is 4.79 Å². The molecule has 3 atom stereocenters. The molecular formula is C40H48N6O3. The van der Waals surface area contributed by atoms with Crippen LogP contribution in [0.25, 0.3) is 10.9 Å². The quantitative estimate of drug-likeness (QED) is 0.243. The first-order valence-electron chi connectivity index (χ1n) is 17.8. The Morgan fingerprint density at radius 3 is 2.47 bits per heavy atom. The molecule has 7 rings (SSSR count). The Bertz CT molecular complexity index is 1790. The van der Waals surface area contributed by atoms with Gasteiger partial charge in [-0.1, -0.05) is 72.8 Å². The molecule has 1 aromatic heterocycles. The van der Waals surface area contributed by atoms with Gasteiger partial charge in [-0.25, -0.2) is 4.79 Å². The predicted octanol–water partition coefficient (Wildman–Crippen LogP) is 5.18. The van der Waals surface area contributed by atoms with Gasteiger partial charge in [-0.3, -0.25) is 14.5 Å². The molecule has 9 nitrogen and oxygen atoms in total. The number of aromatic amines is 1. The standard InChI is InChI=1S/C40H48N6O3/c1-44(2)37(47)33-24-40(34-16-8-6-15-32(33)34)18-21-46(22-19-40)38(48)36(23-29-25-41-35-17-9-7-14-31(29)35)43-39(49)42-30-13-10-20-45(27-30)26-28-11-4-3-5-12-28/h3-9,11-12,14-17,25,30,33,36,41H,10,13,18-24,26-27H2,1-2H3,(H2,42,43,49)/t30-,33-,36-/m1/s1. The number of carbonyl (C=O) groups is 3. The van der Waals surface area contributed by atoms with Crippen LogP contribution in [0.15, 0.2) is 85.1 Å². The fraction of sp³-hybridized carbons (Fsp3) is 0.425. The van der Waals surface area contributed by atoms with Crippen molar-refractivity contribution in [1.82, 2.24) is 30.3 Å². The number of urea groups is 1. The summed E-state index contributed by atoms with van der Waals surface area (Å²) >= 11 is 0. The molecule has 0 bridgehead atoms. The maximum Gasteiger partial charge on any atom is 0.315 e. The lowest BCUT2D eigenvalue weighted by molar-refractivity contribution is -0.135. The van der Waals surface area contributed by atoms with Crippen LogP contribution in [0, 0.1) is 0 Å². The zero-order chi connectivity index (χ0) is 34.0. The number of likely N-dealkylation sites (N-methyl/N-ethyl adjacent to an activating group) is 1. The number of para-hydroxylation sites is 1. The van der Waals surface area contributed by atoms with E-state index in [0.717, 1.165) is 73.8 Å². The summed E-state index contributed by atoms with van der Waals surface area (Å²) in [5.74, 6) is -0.0772. The van der Waals surface area contributed by atoms with E-state index in [1.165, 1.54) is 11.1 Å². The molecular weight excluding hydrogens is 612 g/mol. The number of piperidine rings is 2. The van der Waals surface area contributed by atoms with E-state index in [2.05, 4.69) is 69.0 Å². The summed E-state index contributed by atoms with van der Waals surface area (Å²) in [7, 11) is 3.65. The van der Waals surface area contributed by atoms with Gasteiger partial charge in [0, 0.05) is 75.3 Å². The number of fused-ring (bicyclic) bond motifs is 3. The molecule has 3 aliphatic rings. The molecule has 1 aliphatic carbocycles. The van der Waals surface area contributed by atoms with Crippen LogP contribution >= 0.6 is 0 Å². The molecule has 49 heavy (non-hydrogen) atoms. The highest BCUT2D eigenvalue weighted by Gasteiger charge is 2.48. The molecule has 256 valence electrons. The number of hydrogen-bond acceptors (Lipinski definition) is 4. The van der Waals surface area contributed by atoms with Gasteiger partial charge in [-0.05, 0) is 67.0 Å². The van der Waals surface area contributed by atoms with E-state index in [1.807, 2.05) is 55.5 Å². The van der Waals surface area contributed by atoms with E-state index in [-0.39, 0.29) is 35.2 Å². The highest BCUT2D eigenvalue weighted by Crippen LogP contribution is 2.52. The van der Waals surface area contributed by atoms with Gasteiger partial charge in [0.15, 0.2) is 0 Å². The molecule has 9 heteroatoms. The van der Waals surface area contributed by atoms with Crippen LogP contribution in [0.3, 0.4) is 0 Å². The molecule has 1 spiro atoms. The molecule has 2 fully saturated rings. The average Bonchev–Trinajstić information content (AvgIpc) is 3.67. The first-order chi connectivity index (χ1) is 23.8. The minimum absolute atomic E-state index is 0.0106. The third-order valence-corrected chi connectivity index (χ3v) is 11.1. The van der Waals surface area contributed by atoms with E-state index in [9.17, 15) is 14.4 Å². The molecule has 2 saturated heterocycles. The summed E-state index contributed by atoms with van der Waals surface area (Å²) in [4.78, 5) is 50.5. The Morgan fingerprint density at radius 2 is 1.67 bits per heavy atom. The number of hydrogen-bond donors (Lipinski definition) is 3. The molecule has 3 aromatic carbocycles.